The van der Waals surface area contributed by atoms with Gasteiger partial charge in [-0.2, -0.15) is 0 Å². The molecular weight excluding hydrogens is 356 g/mol. The van der Waals surface area contributed by atoms with Gasteiger partial charge in [0.2, 0.25) is 0 Å². The number of hydrogen-bond acceptors (Lipinski definition) is 6. The number of pyridine rings is 1. The van der Waals surface area contributed by atoms with E-state index in [0.29, 0.717) is 17.0 Å². The molecule has 1 amide bonds. The number of hydrogen-bond donors (Lipinski definition) is 2. The van der Waals surface area contributed by atoms with Crippen LogP contribution in [0.15, 0.2) is 34.9 Å². The van der Waals surface area contributed by atoms with Gasteiger partial charge in [-0.1, -0.05) is 5.16 Å². The highest BCUT2D eigenvalue weighted by atomic mass is 16.5. The van der Waals surface area contributed by atoms with Crippen molar-refractivity contribution in [1.82, 2.24) is 20.8 Å². The number of carbonyl (C=O) groups is 1. The van der Waals surface area contributed by atoms with Crippen LogP contribution in [0.4, 0.5) is 0 Å². The van der Waals surface area contributed by atoms with Gasteiger partial charge in [0.1, 0.15) is 11.4 Å². The summed E-state index contributed by atoms with van der Waals surface area (Å²) < 4.78 is 10.8. The van der Waals surface area contributed by atoms with Crippen molar-refractivity contribution in [3.05, 3.63) is 41.6 Å². The number of ether oxygens (including phenoxy) is 1. The van der Waals surface area contributed by atoms with Gasteiger partial charge in [-0.25, -0.2) is 4.98 Å². The summed E-state index contributed by atoms with van der Waals surface area (Å²) >= 11 is 0. The minimum Gasteiger partial charge on any atom is -0.497 e. The highest BCUT2D eigenvalue weighted by Crippen LogP contribution is 2.34. The predicted molar refractivity (Wildman–Crippen MR) is 104 cm³/mol. The number of rotatable bonds is 5. The van der Waals surface area contributed by atoms with Gasteiger partial charge >= 0.3 is 0 Å². The lowest BCUT2D eigenvalue weighted by Crippen LogP contribution is -2.26. The molecular formula is C21H22N4O3. The molecule has 7 heteroatoms. The average Bonchev–Trinajstić information content (AvgIpc) is 3.20. The Balaban J connectivity index is 1.63. The molecule has 1 saturated carbocycles. The van der Waals surface area contributed by atoms with E-state index in [4.69, 9.17) is 9.26 Å². The standard InChI is InChI=1S/C21H22N4O3/c1-27-14-8-4-12(5-9-14)17-11-15(20(26)23-13-6-7-13)18-19(16-3-2-10-22-16)25-28-21(18)24-17/h4-5,8-9,11,13,16,22H,2-3,6-7,10H2,1H3,(H,23,26). The summed E-state index contributed by atoms with van der Waals surface area (Å²) in [7, 11) is 1.63. The monoisotopic (exact) mass is 378 g/mol. The summed E-state index contributed by atoms with van der Waals surface area (Å²) in [6.07, 6.45) is 4.13. The number of carbonyl (C=O) groups excluding carboxylic acids is 1. The largest absolute Gasteiger partial charge is 0.497 e. The van der Waals surface area contributed by atoms with Crippen molar-refractivity contribution in [2.45, 2.75) is 37.8 Å². The van der Waals surface area contributed by atoms with Crippen LogP contribution < -0.4 is 15.4 Å². The van der Waals surface area contributed by atoms with E-state index in [1.165, 1.54) is 0 Å². The summed E-state index contributed by atoms with van der Waals surface area (Å²) in [5.74, 6) is 0.679. The first kappa shape index (κ1) is 17.2. The first-order valence-electron chi connectivity index (χ1n) is 9.72. The van der Waals surface area contributed by atoms with Gasteiger partial charge in [0.25, 0.3) is 11.6 Å². The van der Waals surface area contributed by atoms with Crippen molar-refractivity contribution in [3.8, 4) is 17.0 Å². The van der Waals surface area contributed by atoms with Gasteiger partial charge in [0.05, 0.1) is 29.8 Å². The molecule has 3 heterocycles. The topological polar surface area (TPSA) is 89.3 Å². The molecule has 1 unspecified atom stereocenters. The number of nitrogens with zero attached hydrogens (tertiary/aromatic N) is 2. The molecule has 2 aromatic heterocycles. The highest BCUT2D eigenvalue weighted by Gasteiger charge is 2.30. The van der Waals surface area contributed by atoms with Crippen molar-refractivity contribution in [2.75, 3.05) is 13.7 Å². The fourth-order valence-corrected chi connectivity index (χ4v) is 3.71. The van der Waals surface area contributed by atoms with Crippen molar-refractivity contribution in [3.63, 3.8) is 0 Å². The van der Waals surface area contributed by atoms with Crippen LogP contribution in [-0.4, -0.2) is 35.7 Å². The maximum Gasteiger partial charge on any atom is 0.259 e. The molecule has 2 aliphatic rings. The Bertz CT molecular complexity index is 1020. The van der Waals surface area contributed by atoms with Crippen LogP contribution >= 0.6 is 0 Å². The van der Waals surface area contributed by atoms with Crippen LogP contribution in [0.1, 0.15) is 47.8 Å². The molecule has 1 aromatic carbocycles. The molecule has 7 nitrogen and oxygen atoms in total. The van der Waals surface area contributed by atoms with Gasteiger partial charge in [-0.3, -0.25) is 4.79 Å². The van der Waals surface area contributed by atoms with E-state index in [2.05, 4.69) is 20.8 Å². The summed E-state index contributed by atoms with van der Waals surface area (Å²) in [5, 5.41) is 11.5. The normalized spacial score (nSPS) is 19.1. The predicted octanol–water partition coefficient (Wildman–Crippen LogP) is 3.22. The summed E-state index contributed by atoms with van der Waals surface area (Å²) in [5.41, 5.74) is 3.33. The third-order valence-electron chi connectivity index (χ3n) is 5.41. The number of methoxy groups -OCH3 is 1. The van der Waals surface area contributed by atoms with Crippen molar-refractivity contribution in [1.29, 1.82) is 0 Å². The van der Waals surface area contributed by atoms with Crippen LogP contribution in [0.25, 0.3) is 22.4 Å². The molecule has 5 rings (SSSR count). The smallest absolute Gasteiger partial charge is 0.259 e. The van der Waals surface area contributed by atoms with E-state index >= 15 is 0 Å². The fourth-order valence-electron chi connectivity index (χ4n) is 3.71. The summed E-state index contributed by atoms with van der Waals surface area (Å²) in [6, 6.07) is 9.81. The zero-order chi connectivity index (χ0) is 19.1. The van der Waals surface area contributed by atoms with Gasteiger partial charge in [-0.05, 0) is 62.6 Å². The Morgan fingerprint density at radius 1 is 1.25 bits per heavy atom. The first-order valence-corrected chi connectivity index (χ1v) is 9.72. The van der Waals surface area contributed by atoms with E-state index in [1.807, 2.05) is 30.3 Å². The van der Waals surface area contributed by atoms with Crippen LogP contribution in [0.2, 0.25) is 0 Å². The second-order valence-electron chi connectivity index (χ2n) is 7.43. The lowest BCUT2D eigenvalue weighted by atomic mass is 10.0. The number of nitrogens with one attached hydrogen (secondary N) is 2. The van der Waals surface area contributed by atoms with E-state index in [0.717, 1.165) is 54.6 Å². The lowest BCUT2D eigenvalue weighted by molar-refractivity contribution is 0.0952. The van der Waals surface area contributed by atoms with E-state index in [9.17, 15) is 4.79 Å². The Morgan fingerprint density at radius 2 is 2.07 bits per heavy atom. The third kappa shape index (κ3) is 3.11. The average molecular weight is 378 g/mol. The van der Waals surface area contributed by atoms with Crippen LogP contribution in [0.3, 0.4) is 0 Å². The van der Waals surface area contributed by atoms with Gasteiger partial charge in [0, 0.05) is 11.6 Å². The fraction of sp³-hybridized carbons (Fsp3) is 0.381. The molecule has 144 valence electrons. The Morgan fingerprint density at radius 3 is 2.75 bits per heavy atom. The summed E-state index contributed by atoms with van der Waals surface area (Å²) in [4.78, 5) is 17.7. The number of amides is 1. The molecule has 1 atom stereocenters. The molecule has 28 heavy (non-hydrogen) atoms. The quantitative estimate of drug-likeness (QED) is 0.709. The molecule has 3 aromatic rings. The second-order valence-corrected chi connectivity index (χ2v) is 7.43. The maximum atomic E-state index is 13.0. The number of fused-ring (bicyclic) bond motifs is 1. The van der Waals surface area contributed by atoms with Crippen LogP contribution in [-0.2, 0) is 0 Å². The van der Waals surface area contributed by atoms with Crippen molar-refractivity contribution < 1.29 is 14.1 Å². The molecule has 1 aliphatic heterocycles. The Hall–Kier alpha value is -2.93. The molecule has 0 radical (unpaired) electrons. The zero-order valence-corrected chi connectivity index (χ0v) is 15.7. The zero-order valence-electron chi connectivity index (χ0n) is 15.7. The Kier molecular flexibility index (Phi) is 4.24. The number of benzene rings is 1. The highest BCUT2D eigenvalue weighted by molar-refractivity contribution is 6.07. The molecule has 1 aliphatic carbocycles. The molecule has 1 saturated heterocycles. The molecule has 0 bridgehead atoms. The molecule has 2 fully saturated rings. The van der Waals surface area contributed by atoms with Crippen molar-refractivity contribution in [2.24, 2.45) is 0 Å². The summed E-state index contributed by atoms with van der Waals surface area (Å²) in [6.45, 7) is 0.944. The minimum absolute atomic E-state index is 0.0906. The molecule has 2 N–H and O–H groups in total. The van der Waals surface area contributed by atoms with Gasteiger partial charge in [0.15, 0.2) is 0 Å². The maximum absolute atomic E-state index is 13.0. The Labute approximate surface area is 162 Å². The van der Waals surface area contributed by atoms with Gasteiger partial charge in [-0.15, -0.1) is 0 Å². The third-order valence-corrected chi connectivity index (χ3v) is 5.41. The molecule has 0 spiro atoms. The van der Waals surface area contributed by atoms with Crippen LogP contribution in [0, 0.1) is 0 Å². The van der Waals surface area contributed by atoms with Gasteiger partial charge < -0.3 is 19.9 Å². The van der Waals surface area contributed by atoms with E-state index in [-0.39, 0.29) is 18.0 Å². The van der Waals surface area contributed by atoms with E-state index in [1.54, 1.807) is 7.11 Å². The minimum atomic E-state index is -0.0906. The lowest BCUT2D eigenvalue weighted by Gasteiger charge is -2.11. The SMILES string of the molecule is COc1ccc(-c2cc(C(=O)NC3CC3)c3c(C4CCCN4)noc3n2)cc1. The second kappa shape index (κ2) is 6.91. The van der Waals surface area contributed by atoms with Crippen molar-refractivity contribution >= 4 is 17.0 Å². The number of aromatic nitrogens is 2. The van der Waals surface area contributed by atoms with Crippen LogP contribution in [0.5, 0.6) is 5.75 Å². The first-order chi connectivity index (χ1) is 13.7. The van der Waals surface area contributed by atoms with E-state index < -0.39 is 0 Å².